The van der Waals surface area contributed by atoms with E-state index in [1.165, 1.54) is 18.2 Å². The van der Waals surface area contributed by atoms with E-state index in [1.54, 1.807) is 11.1 Å². The van der Waals surface area contributed by atoms with Gasteiger partial charge >= 0.3 is 6.18 Å². The van der Waals surface area contributed by atoms with Crippen molar-refractivity contribution in [3.63, 3.8) is 0 Å². The first kappa shape index (κ1) is 26.4. The number of rotatable bonds is 6. The first-order valence-electron chi connectivity index (χ1n) is 12.7. The molecule has 0 bridgehead atoms. The molecular formula is C27H23F3N8O3. The number of furan rings is 1. The van der Waals surface area contributed by atoms with E-state index in [4.69, 9.17) is 4.42 Å². The van der Waals surface area contributed by atoms with Crippen LogP contribution in [0.5, 0.6) is 0 Å². The van der Waals surface area contributed by atoms with Crippen LogP contribution in [0.4, 0.5) is 13.2 Å². The second-order valence-corrected chi connectivity index (χ2v) is 9.77. The number of carbonyl (C=O) groups excluding carboxylic acids is 2. The highest BCUT2D eigenvalue weighted by atomic mass is 19.4. The number of nitrogens with zero attached hydrogens (tertiary/aromatic N) is 5. The summed E-state index contributed by atoms with van der Waals surface area (Å²) in [6, 6.07) is 12.5. The molecule has 0 fully saturated rings. The lowest BCUT2D eigenvalue weighted by atomic mass is 10.0. The number of benzene rings is 2. The molecule has 14 heteroatoms. The molecule has 11 nitrogen and oxygen atoms in total. The number of hydrogen-bond donors (Lipinski definition) is 3. The minimum Gasteiger partial charge on any atom is -0.451 e. The van der Waals surface area contributed by atoms with Crippen LogP contribution >= 0.6 is 0 Å². The molecule has 2 aliphatic rings. The lowest BCUT2D eigenvalue weighted by molar-refractivity contribution is -0.152. The lowest BCUT2D eigenvalue weighted by Crippen LogP contribution is -2.29. The topological polar surface area (TPSA) is 137 Å². The van der Waals surface area contributed by atoms with Gasteiger partial charge in [-0.2, -0.15) is 18.2 Å². The quantitative estimate of drug-likeness (QED) is 0.316. The molecule has 1 aliphatic carbocycles. The maximum Gasteiger partial charge on any atom is 0.449 e. The van der Waals surface area contributed by atoms with E-state index in [0.29, 0.717) is 17.4 Å². The van der Waals surface area contributed by atoms with Crippen LogP contribution in [0, 0.1) is 0 Å². The fraction of sp³-hybridized carbons (Fsp3) is 0.259. The van der Waals surface area contributed by atoms with Gasteiger partial charge in [-0.25, -0.2) is 15.5 Å². The van der Waals surface area contributed by atoms with E-state index in [9.17, 15) is 22.8 Å². The first-order chi connectivity index (χ1) is 19.7. The third-order valence-corrected chi connectivity index (χ3v) is 7.03. The second-order valence-electron chi connectivity index (χ2n) is 9.77. The van der Waals surface area contributed by atoms with Gasteiger partial charge in [0, 0.05) is 25.0 Å². The van der Waals surface area contributed by atoms with E-state index in [0.717, 1.165) is 35.5 Å². The van der Waals surface area contributed by atoms with Crippen LogP contribution in [0.2, 0.25) is 0 Å². The standard InChI is InChI=1S/C27H23F3N8O3/c1-38-24(35-36-37-38)17-4-6-18-15(9-17)5-7-19(18)34-26(40)21-11-20(32-13-33-21)25(39)31-12-14-2-3-16-10-23(27(28,29)30)41-22(16)8-14/h2-4,6,8-11,13,19,24H,5,7,12H2,1H3,(H,31,39)(H,34,40)(H,35,37)/t19-,24?/m1/s1. The smallest absolute Gasteiger partial charge is 0.449 e. The largest absolute Gasteiger partial charge is 0.451 e. The Kier molecular flexibility index (Phi) is 6.61. The summed E-state index contributed by atoms with van der Waals surface area (Å²) in [6.45, 7) is 0.0112. The lowest BCUT2D eigenvalue weighted by Gasteiger charge is -2.17. The zero-order chi connectivity index (χ0) is 28.7. The molecule has 2 atom stereocenters. The molecule has 3 heterocycles. The molecule has 0 saturated carbocycles. The summed E-state index contributed by atoms with van der Waals surface area (Å²) in [6.07, 6.45) is -2.17. The molecule has 0 saturated heterocycles. The highest BCUT2D eigenvalue weighted by Gasteiger charge is 2.35. The Hall–Kier alpha value is -4.85. The second kappa shape index (κ2) is 10.3. The predicted molar refractivity (Wildman–Crippen MR) is 138 cm³/mol. The number of aryl methyl sites for hydroxylation is 1. The first-order valence-corrected chi connectivity index (χ1v) is 12.7. The minimum absolute atomic E-state index is 0.0112. The van der Waals surface area contributed by atoms with Crippen molar-refractivity contribution in [3.05, 3.63) is 94.3 Å². The van der Waals surface area contributed by atoms with Gasteiger partial charge in [-0.05, 0) is 47.2 Å². The zero-order valence-electron chi connectivity index (χ0n) is 21.6. The molecule has 4 aromatic rings. The summed E-state index contributed by atoms with van der Waals surface area (Å²) in [7, 11) is 1.85. The molecule has 2 amide bonds. The van der Waals surface area contributed by atoms with Gasteiger partial charge in [0.15, 0.2) is 6.17 Å². The van der Waals surface area contributed by atoms with Gasteiger partial charge in [0.2, 0.25) is 5.76 Å². The number of amides is 2. The summed E-state index contributed by atoms with van der Waals surface area (Å²) in [5.74, 6) is -2.10. The fourth-order valence-electron chi connectivity index (χ4n) is 4.96. The number of carbonyl (C=O) groups is 2. The summed E-state index contributed by atoms with van der Waals surface area (Å²) in [4.78, 5) is 33.7. The zero-order valence-corrected chi connectivity index (χ0v) is 21.6. The van der Waals surface area contributed by atoms with Crippen molar-refractivity contribution in [1.82, 2.24) is 31.1 Å². The highest BCUT2D eigenvalue weighted by molar-refractivity contribution is 5.97. The maximum absolute atomic E-state index is 13.0. The Morgan fingerprint density at radius 2 is 1.88 bits per heavy atom. The van der Waals surface area contributed by atoms with E-state index in [2.05, 4.69) is 42.5 Å². The Morgan fingerprint density at radius 1 is 1.07 bits per heavy atom. The van der Waals surface area contributed by atoms with Gasteiger partial charge in [0.05, 0.1) is 6.04 Å². The SMILES string of the molecule is CN1NN=NC1c1ccc2c(c1)CC[C@H]2NC(=O)c1cc(C(=O)NCc2ccc3cc(C(F)(F)F)oc3c2)ncn1. The molecule has 2 aromatic carbocycles. The highest BCUT2D eigenvalue weighted by Crippen LogP contribution is 2.35. The van der Waals surface area contributed by atoms with Crippen molar-refractivity contribution in [3.8, 4) is 0 Å². The summed E-state index contributed by atoms with van der Waals surface area (Å²) < 4.78 is 43.6. The van der Waals surface area contributed by atoms with Crippen LogP contribution < -0.4 is 16.2 Å². The predicted octanol–water partition coefficient (Wildman–Crippen LogP) is 4.40. The molecule has 6 rings (SSSR count). The molecule has 210 valence electrons. The molecular weight excluding hydrogens is 541 g/mol. The fourth-order valence-corrected chi connectivity index (χ4v) is 4.96. The Labute approximate surface area is 230 Å². The third-order valence-electron chi connectivity index (χ3n) is 7.03. The van der Waals surface area contributed by atoms with Gasteiger partial charge in [0.1, 0.15) is 23.3 Å². The van der Waals surface area contributed by atoms with E-state index < -0.39 is 23.8 Å². The van der Waals surface area contributed by atoms with E-state index >= 15 is 0 Å². The molecule has 1 unspecified atom stereocenters. The van der Waals surface area contributed by atoms with Gasteiger partial charge in [0.25, 0.3) is 11.8 Å². The molecule has 1 aliphatic heterocycles. The number of alkyl halides is 3. The van der Waals surface area contributed by atoms with Crippen LogP contribution in [0.15, 0.2) is 69.6 Å². The third kappa shape index (κ3) is 5.33. The molecule has 0 spiro atoms. The van der Waals surface area contributed by atoms with Crippen LogP contribution in [-0.2, 0) is 19.1 Å². The van der Waals surface area contributed by atoms with E-state index in [-0.39, 0.29) is 35.7 Å². The number of fused-ring (bicyclic) bond motifs is 2. The van der Waals surface area contributed by atoms with Gasteiger partial charge < -0.3 is 15.1 Å². The Bertz CT molecular complexity index is 1690. The van der Waals surface area contributed by atoms with Crippen LogP contribution in [-0.4, -0.2) is 33.8 Å². The molecule has 2 aromatic heterocycles. The van der Waals surface area contributed by atoms with Crippen molar-refractivity contribution in [2.45, 2.75) is 37.8 Å². The van der Waals surface area contributed by atoms with E-state index in [1.807, 2.05) is 19.2 Å². The number of halogens is 3. The number of hydrazine groups is 1. The monoisotopic (exact) mass is 564 g/mol. The summed E-state index contributed by atoms with van der Waals surface area (Å²) >= 11 is 0. The number of aromatic nitrogens is 2. The number of hydrogen-bond acceptors (Lipinski definition) is 9. The van der Waals surface area contributed by atoms with Crippen molar-refractivity contribution in [2.75, 3.05) is 7.05 Å². The molecule has 3 N–H and O–H groups in total. The summed E-state index contributed by atoms with van der Waals surface area (Å²) in [5.41, 5.74) is 6.51. The van der Waals surface area contributed by atoms with Gasteiger partial charge in [-0.1, -0.05) is 35.6 Å². The molecule has 41 heavy (non-hydrogen) atoms. The van der Waals surface area contributed by atoms with Gasteiger partial charge in [-0.15, -0.1) is 5.11 Å². The van der Waals surface area contributed by atoms with Crippen molar-refractivity contribution in [2.24, 2.45) is 10.3 Å². The summed E-state index contributed by atoms with van der Waals surface area (Å²) in [5, 5.41) is 15.7. The molecule has 0 radical (unpaired) electrons. The minimum atomic E-state index is -4.59. The average molecular weight is 565 g/mol. The van der Waals surface area contributed by atoms with Gasteiger partial charge in [-0.3, -0.25) is 9.59 Å². The van der Waals surface area contributed by atoms with Crippen LogP contribution in [0.25, 0.3) is 11.0 Å². The van der Waals surface area contributed by atoms with Crippen molar-refractivity contribution >= 4 is 22.8 Å². The maximum atomic E-state index is 13.0. The average Bonchev–Trinajstić information content (AvgIpc) is 3.69. The van der Waals surface area contributed by atoms with Crippen LogP contribution in [0.3, 0.4) is 0 Å². The number of nitrogens with one attached hydrogen (secondary N) is 3. The normalized spacial score (nSPS) is 18.3. The van der Waals surface area contributed by atoms with Crippen molar-refractivity contribution < 1.29 is 27.2 Å². The van der Waals surface area contributed by atoms with Crippen molar-refractivity contribution in [1.29, 1.82) is 0 Å². The Morgan fingerprint density at radius 3 is 2.63 bits per heavy atom. The Balaban J connectivity index is 1.09. The van der Waals surface area contributed by atoms with Crippen LogP contribution in [0.1, 0.15) is 67.6 Å².